The molecule has 0 fully saturated rings. The highest BCUT2D eigenvalue weighted by Gasteiger charge is 2.09. The van der Waals surface area contributed by atoms with Crippen molar-refractivity contribution in [1.29, 1.82) is 0 Å². The summed E-state index contributed by atoms with van der Waals surface area (Å²) in [6, 6.07) is 0.522. The molecule has 0 spiro atoms. The molecule has 0 aliphatic carbocycles. The van der Waals surface area contributed by atoms with Crippen molar-refractivity contribution in [3.63, 3.8) is 0 Å². The number of nitrogens with zero attached hydrogens (tertiary/aromatic N) is 2. The molecule has 0 saturated carbocycles. The smallest absolute Gasteiger partial charge is 0.0932 e. The molecule has 2 nitrogen and oxygen atoms in total. The van der Waals surface area contributed by atoms with E-state index in [2.05, 4.69) is 25.2 Å². The Hall–Kier alpha value is -0.660. The van der Waals surface area contributed by atoms with Crippen LogP contribution < -0.4 is 0 Å². The summed E-state index contributed by atoms with van der Waals surface area (Å²) in [5.41, 5.74) is 0. The molecule has 44 valence electrons. The Bertz CT molecular complexity index is 133. The molecule has 0 N–H and O–H groups in total. The van der Waals surface area contributed by atoms with Crippen LogP contribution in [0.1, 0.15) is 20.3 Å². The Morgan fingerprint density at radius 3 is 2.62 bits per heavy atom. The zero-order chi connectivity index (χ0) is 5.98. The van der Waals surface area contributed by atoms with Crippen molar-refractivity contribution in [2.75, 3.05) is 0 Å². The normalized spacial score (nSPS) is 17.6. The molecule has 0 aromatic heterocycles. The maximum atomic E-state index is 4.09. The fourth-order valence-electron chi connectivity index (χ4n) is 0.688. The maximum absolute atomic E-state index is 4.09. The van der Waals surface area contributed by atoms with Gasteiger partial charge in [-0.1, -0.05) is 4.68 Å². The third-order valence-corrected chi connectivity index (χ3v) is 1.14. The SMILES string of the molecule is CC(C)[N+]1=CCC=N1. The lowest BCUT2D eigenvalue weighted by molar-refractivity contribution is -0.556. The van der Waals surface area contributed by atoms with Gasteiger partial charge in [0.15, 0.2) is 12.3 Å². The molecule has 0 unspecified atom stereocenters. The summed E-state index contributed by atoms with van der Waals surface area (Å²) >= 11 is 0. The summed E-state index contributed by atoms with van der Waals surface area (Å²) in [7, 11) is 0. The highest BCUT2D eigenvalue weighted by molar-refractivity contribution is 5.78. The molecule has 8 heavy (non-hydrogen) atoms. The highest BCUT2D eigenvalue weighted by atomic mass is 15.4. The Balaban J connectivity index is 2.58. The van der Waals surface area contributed by atoms with Crippen LogP contribution in [0.5, 0.6) is 0 Å². The van der Waals surface area contributed by atoms with E-state index in [4.69, 9.17) is 0 Å². The molecule has 0 aromatic carbocycles. The summed E-state index contributed by atoms with van der Waals surface area (Å²) in [5.74, 6) is 0. The van der Waals surface area contributed by atoms with Crippen LogP contribution in [-0.4, -0.2) is 23.2 Å². The number of hydrogen-bond donors (Lipinski definition) is 0. The van der Waals surface area contributed by atoms with Gasteiger partial charge in [0.1, 0.15) is 0 Å². The Morgan fingerprint density at radius 2 is 2.38 bits per heavy atom. The molecule has 1 rings (SSSR count). The largest absolute Gasteiger partial charge is 0.178 e. The van der Waals surface area contributed by atoms with Crippen LogP contribution in [0.2, 0.25) is 0 Å². The topological polar surface area (TPSA) is 15.4 Å². The van der Waals surface area contributed by atoms with E-state index >= 15 is 0 Å². The summed E-state index contributed by atoms with van der Waals surface area (Å²) in [4.78, 5) is 0. The Labute approximate surface area is 49.5 Å². The standard InChI is InChI=1S/C6H11N2/c1-6(2)8-5-3-4-7-8/h4-6H,3H2,1-2H3/q+1. The quantitative estimate of drug-likeness (QED) is 0.446. The van der Waals surface area contributed by atoms with Gasteiger partial charge in [0, 0.05) is 0 Å². The van der Waals surface area contributed by atoms with E-state index in [9.17, 15) is 0 Å². The van der Waals surface area contributed by atoms with Crippen molar-refractivity contribution in [3.8, 4) is 0 Å². The third kappa shape index (κ3) is 0.941. The minimum absolute atomic E-state index is 0.522. The lowest BCUT2D eigenvalue weighted by Crippen LogP contribution is -2.11. The van der Waals surface area contributed by atoms with Gasteiger partial charge in [0.2, 0.25) is 0 Å². The second kappa shape index (κ2) is 2.07. The number of hydrazone groups is 1. The predicted molar refractivity (Wildman–Crippen MR) is 34.6 cm³/mol. The minimum Gasteiger partial charge on any atom is -0.0932 e. The van der Waals surface area contributed by atoms with E-state index in [1.807, 2.05) is 10.9 Å². The molecule has 0 radical (unpaired) electrons. The molecule has 0 atom stereocenters. The van der Waals surface area contributed by atoms with Crippen molar-refractivity contribution in [2.45, 2.75) is 26.3 Å². The van der Waals surface area contributed by atoms with Crippen LogP contribution in [0.15, 0.2) is 5.10 Å². The molecule has 0 amide bonds. The molecular weight excluding hydrogens is 100 g/mol. The molecule has 1 aliphatic heterocycles. The van der Waals surface area contributed by atoms with Gasteiger partial charge >= 0.3 is 0 Å². The van der Waals surface area contributed by atoms with Gasteiger partial charge in [-0.2, -0.15) is 0 Å². The summed E-state index contributed by atoms with van der Waals surface area (Å²) in [5, 5.41) is 4.09. The van der Waals surface area contributed by atoms with Gasteiger partial charge in [-0.3, -0.25) is 0 Å². The van der Waals surface area contributed by atoms with Crippen LogP contribution in [0.3, 0.4) is 0 Å². The van der Waals surface area contributed by atoms with E-state index in [1.54, 1.807) is 0 Å². The first-order valence-corrected chi connectivity index (χ1v) is 2.95. The van der Waals surface area contributed by atoms with Gasteiger partial charge in [0.25, 0.3) is 0 Å². The first-order chi connectivity index (χ1) is 3.80. The average Bonchev–Trinajstić information content (AvgIpc) is 2.12. The summed E-state index contributed by atoms with van der Waals surface area (Å²) in [6.45, 7) is 4.25. The molecule has 0 saturated heterocycles. The van der Waals surface area contributed by atoms with Crippen LogP contribution in [0.4, 0.5) is 0 Å². The zero-order valence-corrected chi connectivity index (χ0v) is 5.33. The van der Waals surface area contributed by atoms with E-state index in [1.165, 1.54) is 0 Å². The van der Waals surface area contributed by atoms with Gasteiger partial charge in [-0.05, 0) is 18.9 Å². The lowest BCUT2D eigenvalue weighted by Gasteiger charge is -1.91. The van der Waals surface area contributed by atoms with Crippen molar-refractivity contribution < 1.29 is 4.68 Å². The molecule has 0 aromatic rings. The molecular formula is C6H11N2+. The number of hydrogen-bond acceptors (Lipinski definition) is 1. The predicted octanol–water partition coefficient (Wildman–Crippen LogP) is 0.868. The monoisotopic (exact) mass is 111 g/mol. The van der Waals surface area contributed by atoms with Gasteiger partial charge in [0.05, 0.1) is 12.6 Å². The fourth-order valence-corrected chi connectivity index (χ4v) is 0.688. The van der Waals surface area contributed by atoms with Crippen molar-refractivity contribution in [3.05, 3.63) is 0 Å². The first kappa shape index (κ1) is 5.48. The van der Waals surface area contributed by atoms with E-state index in [0.717, 1.165) is 6.42 Å². The van der Waals surface area contributed by atoms with Crippen LogP contribution in [-0.2, 0) is 0 Å². The Morgan fingerprint density at radius 1 is 1.62 bits per heavy atom. The van der Waals surface area contributed by atoms with Crippen LogP contribution in [0.25, 0.3) is 0 Å². The highest BCUT2D eigenvalue weighted by Crippen LogP contribution is 1.92. The lowest BCUT2D eigenvalue weighted by atomic mass is 10.4. The second-order valence-corrected chi connectivity index (χ2v) is 2.19. The molecule has 0 bridgehead atoms. The van der Waals surface area contributed by atoms with Crippen LogP contribution >= 0.6 is 0 Å². The van der Waals surface area contributed by atoms with E-state index in [0.29, 0.717) is 6.04 Å². The number of rotatable bonds is 1. The fraction of sp³-hybridized carbons (Fsp3) is 0.667. The van der Waals surface area contributed by atoms with Crippen molar-refractivity contribution in [2.24, 2.45) is 5.10 Å². The average molecular weight is 111 g/mol. The van der Waals surface area contributed by atoms with Crippen LogP contribution in [0, 0.1) is 0 Å². The van der Waals surface area contributed by atoms with Crippen molar-refractivity contribution >= 4 is 12.4 Å². The molecule has 1 heterocycles. The van der Waals surface area contributed by atoms with E-state index in [-0.39, 0.29) is 0 Å². The van der Waals surface area contributed by atoms with Gasteiger partial charge < -0.3 is 0 Å². The third-order valence-electron chi connectivity index (χ3n) is 1.14. The van der Waals surface area contributed by atoms with Gasteiger partial charge in [-0.15, -0.1) is 0 Å². The second-order valence-electron chi connectivity index (χ2n) is 2.19. The molecule has 1 aliphatic rings. The summed E-state index contributed by atoms with van der Waals surface area (Å²) in [6.07, 6.45) is 5.00. The first-order valence-electron chi connectivity index (χ1n) is 2.95. The molecule has 2 heteroatoms. The Kier molecular flexibility index (Phi) is 1.42. The van der Waals surface area contributed by atoms with Crippen molar-refractivity contribution in [1.82, 2.24) is 0 Å². The minimum atomic E-state index is 0.522. The zero-order valence-electron chi connectivity index (χ0n) is 5.33. The maximum Gasteiger partial charge on any atom is 0.178 e. The van der Waals surface area contributed by atoms with Gasteiger partial charge in [-0.25, -0.2) is 0 Å². The van der Waals surface area contributed by atoms with E-state index < -0.39 is 0 Å². The summed E-state index contributed by atoms with van der Waals surface area (Å²) < 4.78 is 1.97.